The van der Waals surface area contributed by atoms with Gasteiger partial charge >= 0.3 is 0 Å². The molecule has 37 heavy (non-hydrogen) atoms. The third-order valence-electron chi connectivity index (χ3n) is 5.96. The van der Waals surface area contributed by atoms with Gasteiger partial charge < -0.3 is 25.0 Å². The fourth-order valence-corrected chi connectivity index (χ4v) is 5.31. The zero-order valence-corrected chi connectivity index (χ0v) is 22.9. The molecule has 2 aromatic carbocycles. The maximum Gasteiger partial charge on any atom is 0.229 e. The summed E-state index contributed by atoms with van der Waals surface area (Å²) in [6, 6.07) is 12.3. The topological polar surface area (TPSA) is 106 Å². The summed E-state index contributed by atoms with van der Waals surface area (Å²) in [5, 5.41) is 5.91. The summed E-state index contributed by atoms with van der Waals surface area (Å²) in [5.74, 6) is 1.88. The third kappa shape index (κ3) is 6.44. The largest absolute Gasteiger partial charge is 0.492 e. The van der Waals surface area contributed by atoms with Crippen molar-refractivity contribution in [1.29, 1.82) is 0 Å². The molecular formula is C26H32ClN5O4S. The molecule has 2 heterocycles. The van der Waals surface area contributed by atoms with E-state index in [1.165, 1.54) is 6.20 Å². The molecule has 2 N–H and O–H groups in total. The lowest BCUT2D eigenvalue weighted by molar-refractivity contribution is 0.207. The van der Waals surface area contributed by atoms with Crippen LogP contribution in [0.5, 0.6) is 11.5 Å². The minimum absolute atomic E-state index is 0.147. The number of nitrogens with zero attached hydrogens (tertiary/aromatic N) is 3. The number of benzene rings is 2. The number of nitrogens with one attached hydrogen (secondary N) is 2. The normalized spacial score (nSPS) is 16.1. The number of ether oxygens (including phenoxy) is 2. The molecule has 1 aliphatic rings. The fourth-order valence-electron chi connectivity index (χ4n) is 3.97. The lowest BCUT2D eigenvalue weighted by Crippen LogP contribution is -2.21. The average Bonchev–Trinajstić information content (AvgIpc) is 3.27. The smallest absolute Gasteiger partial charge is 0.229 e. The zero-order chi connectivity index (χ0) is 26.6. The Labute approximate surface area is 223 Å². The number of likely N-dealkylation sites (N-methyl/N-ethyl adjacent to an activating group) is 1. The lowest BCUT2D eigenvalue weighted by Gasteiger charge is -2.17. The Hall–Kier alpha value is -3.08. The number of anilines is 4. The Balaban J connectivity index is 1.57. The lowest BCUT2D eigenvalue weighted by atomic mass is 10.2. The highest BCUT2D eigenvalue weighted by Gasteiger charge is 2.24. The van der Waals surface area contributed by atoms with Crippen LogP contribution in [0.1, 0.15) is 27.2 Å². The van der Waals surface area contributed by atoms with E-state index in [2.05, 4.69) is 32.5 Å². The van der Waals surface area contributed by atoms with Crippen LogP contribution in [0, 0.1) is 0 Å². The Morgan fingerprint density at radius 3 is 2.65 bits per heavy atom. The van der Waals surface area contributed by atoms with Crippen LogP contribution < -0.4 is 20.1 Å². The first-order valence-corrected chi connectivity index (χ1v) is 14.1. The SMILES string of the molecule is CCOc1cc(O[C@H]2CCN(C)C2)ccc1Nc1ncc(Cl)c(Nc2ccccc2S(=O)(=O)C(C)C)n1. The summed E-state index contributed by atoms with van der Waals surface area (Å²) in [4.78, 5) is 11.2. The molecule has 0 aliphatic carbocycles. The summed E-state index contributed by atoms with van der Waals surface area (Å²) in [7, 11) is -1.44. The van der Waals surface area contributed by atoms with Crippen molar-refractivity contribution >= 4 is 44.6 Å². The molecule has 0 radical (unpaired) electrons. The standard InChI is InChI=1S/C26H32ClN5O4S/c1-5-35-23-14-18(36-19-12-13-32(4)16-19)10-11-21(23)30-26-28-15-20(27)25(31-26)29-22-8-6-7-9-24(22)37(33,34)17(2)3/h6-11,14-15,17,19H,5,12-13,16H2,1-4H3,(H2,28,29,30,31)/t19-/m0/s1. The molecule has 0 spiro atoms. The third-order valence-corrected chi connectivity index (χ3v) is 8.45. The molecule has 198 valence electrons. The summed E-state index contributed by atoms with van der Waals surface area (Å²) >= 11 is 6.36. The van der Waals surface area contributed by atoms with Gasteiger partial charge in [-0.15, -0.1) is 0 Å². The number of aromatic nitrogens is 2. The van der Waals surface area contributed by atoms with Crippen molar-refractivity contribution in [2.45, 2.75) is 43.4 Å². The van der Waals surface area contributed by atoms with Crippen LogP contribution in [0.3, 0.4) is 0 Å². The van der Waals surface area contributed by atoms with E-state index in [0.29, 0.717) is 23.7 Å². The number of sulfone groups is 1. The number of rotatable bonds is 10. The van der Waals surface area contributed by atoms with Crippen LogP contribution in [-0.4, -0.2) is 61.4 Å². The maximum absolute atomic E-state index is 12.8. The summed E-state index contributed by atoms with van der Waals surface area (Å²) in [6.07, 6.45) is 2.58. The van der Waals surface area contributed by atoms with E-state index in [0.717, 1.165) is 25.3 Å². The van der Waals surface area contributed by atoms with E-state index in [4.69, 9.17) is 21.1 Å². The van der Waals surface area contributed by atoms with Gasteiger partial charge in [-0.3, -0.25) is 0 Å². The van der Waals surface area contributed by atoms with Crippen molar-refractivity contribution in [1.82, 2.24) is 14.9 Å². The molecular weight excluding hydrogens is 514 g/mol. The van der Waals surface area contributed by atoms with Crippen LogP contribution in [0.2, 0.25) is 5.02 Å². The molecule has 1 saturated heterocycles. The van der Waals surface area contributed by atoms with Crippen LogP contribution in [0.15, 0.2) is 53.6 Å². The average molecular weight is 546 g/mol. The van der Waals surface area contributed by atoms with E-state index < -0.39 is 15.1 Å². The number of hydrogen-bond donors (Lipinski definition) is 2. The summed E-state index contributed by atoms with van der Waals surface area (Å²) < 4.78 is 37.7. The van der Waals surface area contributed by atoms with Gasteiger partial charge in [0.25, 0.3) is 0 Å². The molecule has 1 aliphatic heterocycles. The predicted octanol–water partition coefficient (Wildman–Crippen LogP) is 5.28. The van der Waals surface area contributed by atoms with Gasteiger partial charge in [-0.25, -0.2) is 13.4 Å². The predicted molar refractivity (Wildman–Crippen MR) is 147 cm³/mol. The van der Waals surface area contributed by atoms with Crippen LogP contribution in [0.4, 0.5) is 23.1 Å². The van der Waals surface area contributed by atoms with Crippen molar-refractivity contribution < 1.29 is 17.9 Å². The van der Waals surface area contributed by atoms with E-state index in [9.17, 15) is 8.42 Å². The molecule has 1 fully saturated rings. The second-order valence-corrected chi connectivity index (χ2v) is 12.0. The molecule has 0 saturated carbocycles. The number of hydrogen-bond acceptors (Lipinski definition) is 9. The maximum atomic E-state index is 12.8. The molecule has 11 heteroatoms. The van der Waals surface area contributed by atoms with Crippen molar-refractivity contribution in [3.63, 3.8) is 0 Å². The first-order valence-electron chi connectivity index (χ1n) is 12.2. The number of para-hydroxylation sites is 1. The van der Waals surface area contributed by atoms with E-state index in [1.54, 1.807) is 38.1 Å². The van der Waals surface area contributed by atoms with Crippen molar-refractivity contribution in [2.75, 3.05) is 37.4 Å². The van der Waals surface area contributed by atoms with E-state index >= 15 is 0 Å². The Kier molecular flexibility index (Phi) is 8.41. The fraction of sp³-hybridized carbons (Fsp3) is 0.385. The molecule has 3 aromatic rings. The monoisotopic (exact) mass is 545 g/mol. The van der Waals surface area contributed by atoms with E-state index in [1.807, 2.05) is 25.1 Å². The van der Waals surface area contributed by atoms with Gasteiger partial charge in [-0.2, -0.15) is 4.98 Å². The minimum atomic E-state index is -3.52. The molecule has 0 bridgehead atoms. The van der Waals surface area contributed by atoms with Crippen molar-refractivity contribution in [3.05, 3.63) is 53.7 Å². The molecule has 4 rings (SSSR count). The van der Waals surface area contributed by atoms with Crippen molar-refractivity contribution in [3.8, 4) is 11.5 Å². The van der Waals surface area contributed by atoms with E-state index in [-0.39, 0.29) is 27.8 Å². The molecule has 0 amide bonds. The Morgan fingerprint density at radius 1 is 1.16 bits per heavy atom. The summed E-state index contributed by atoms with van der Waals surface area (Å²) in [5.41, 5.74) is 1.05. The Bertz CT molecular complexity index is 1350. The van der Waals surface area contributed by atoms with Crippen molar-refractivity contribution in [2.24, 2.45) is 0 Å². The Morgan fingerprint density at radius 2 is 1.95 bits per heavy atom. The minimum Gasteiger partial charge on any atom is -0.492 e. The second-order valence-electron chi connectivity index (χ2n) is 9.11. The highest BCUT2D eigenvalue weighted by Crippen LogP contribution is 2.34. The highest BCUT2D eigenvalue weighted by molar-refractivity contribution is 7.92. The van der Waals surface area contributed by atoms with Gasteiger partial charge in [0.1, 0.15) is 22.6 Å². The molecule has 0 unspecified atom stereocenters. The number of halogens is 1. The summed E-state index contributed by atoms with van der Waals surface area (Å²) in [6.45, 7) is 7.57. The zero-order valence-electron chi connectivity index (χ0n) is 21.4. The van der Waals surface area contributed by atoms with Crippen LogP contribution in [0.25, 0.3) is 0 Å². The number of likely N-dealkylation sites (tertiary alicyclic amines) is 1. The van der Waals surface area contributed by atoms with Gasteiger partial charge in [0.15, 0.2) is 15.7 Å². The molecule has 1 aromatic heterocycles. The van der Waals surface area contributed by atoms with Gasteiger partial charge in [0, 0.05) is 19.2 Å². The van der Waals surface area contributed by atoms with Gasteiger partial charge in [0.05, 0.1) is 34.3 Å². The second kappa shape index (κ2) is 11.5. The van der Waals surface area contributed by atoms with Gasteiger partial charge in [-0.05, 0) is 58.5 Å². The molecule has 9 nitrogen and oxygen atoms in total. The van der Waals surface area contributed by atoms with Gasteiger partial charge in [0.2, 0.25) is 5.95 Å². The highest BCUT2D eigenvalue weighted by atomic mass is 35.5. The quantitative estimate of drug-likeness (QED) is 0.352. The van der Waals surface area contributed by atoms with Crippen LogP contribution >= 0.6 is 11.6 Å². The first kappa shape index (κ1) is 27.0. The first-order chi connectivity index (χ1) is 17.7. The van der Waals surface area contributed by atoms with Crippen LogP contribution in [-0.2, 0) is 9.84 Å². The molecule has 1 atom stereocenters. The van der Waals surface area contributed by atoms with Gasteiger partial charge in [-0.1, -0.05) is 23.7 Å².